The van der Waals surface area contributed by atoms with Gasteiger partial charge in [0.2, 0.25) is 0 Å². The summed E-state index contributed by atoms with van der Waals surface area (Å²) in [5.74, 6) is -0.217. The fourth-order valence-corrected chi connectivity index (χ4v) is 4.27. The smallest absolute Gasteiger partial charge is 0.336 e. The number of benzene rings is 1. The molecule has 4 rings (SSSR count). The van der Waals surface area contributed by atoms with Crippen LogP contribution in [0, 0.1) is 12.8 Å². The maximum Gasteiger partial charge on any atom is 0.336 e. The molecule has 2 heterocycles. The van der Waals surface area contributed by atoms with Crippen LogP contribution in [0.4, 0.5) is 0 Å². The van der Waals surface area contributed by atoms with E-state index in [0.717, 1.165) is 25.7 Å². The largest absolute Gasteiger partial charge is 0.484 e. The molecule has 136 valence electrons. The lowest BCUT2D eigenvalue weighted by Gasteiger charge is -2.40. The first-order valence-corrected chi connectivity index (χ1v) is 9.01. The molecule has 0 bridgehead atoms. The number of carboxylic acid groups (broad SMARTS) is 1. The Morgan fingerprint density at radius 2 is 1.92 bits per heavy atom. The maximum absolute atomic E-state index is 11.4. The van der Waals surface area contributed by atoms with Crippen molar-refractivity contribution in [2.45, 2.75) is 44.5 Å². The predicted octanol–water partition coefficient (Wildman–Crippen LogP) is 3.42. The van der Waals surface area contributed by atoms with Crippen molar-refractivity contribution in [2.75, 3.05) is 19.8 Å². The Morgan fingerprint density at radius 3 is 2.56 bits per heavy atom. The van der Waals surface area contributed by atoms with Crippen LogP contribution < -0.4 is 9.47 Å². The van der Waals surface area contributed by atoms with Gasteiger partial charge < -0.3 is 24.1 Å². The fraction of sp³-hybridized carbons (Fsp3) is 0.611. The summed E-state index contributed by atoms with van der Waals surface area (Å²) in [5.41, 5.74) is 0.690. The summed E-state index contributed by atoms with van der Waals surface area (Å²) < 4.78 is 23.6. The van der Waals surface area contributed by atoms with Crippen LogP contribution in [0.5, 0.6) is 11.5 Å². The number of carboxylic acids is 1. The van der Waals surface area contributed by atoms with Crippen LogP contribution >= 0.6 is 11.6 Å². The molecule has 0 unspecified atom stereocenters. The number of ether oxygens (including phenoxy) is 4. The van der Waals surface area contributed by atoms with E-state index in [1.165, 1.54) is 6.07 Å². The molecular formula is C18H21ClO6. The lowest BCUT2D eigenvalue weighted by atomic mass is 9.81. The highest BCUT2D eigenvalue weighted by atomic mass is 35.5. The van der Waals surface area contributed by atoms with Gasteiger partial charge in [-0.3, -0.25) is 0 Å². The van der Waals surface area contributed by atoms with Gasteiger partial charge in [0, 0.05) is 18.4 Å². The number of halogens is 1. The third-order valence-electron chi connectivity index (χ3n) is 5.46. The maximum atomic E-state index is 11.4. The molecule has 1 aliphatic carbocycles. The lowest BCUT2D eigenvalue weighted by molar-refractivity contribution is -0.187. The summed E-state index contributed by atoms with van der Waals surface area (Å²) in [7, 11) is 0. The van der Waals surface area contributed by atoms with E-state index in [1.807, 2.05) is 0 Å². The SMILES string of the molecule is Cc1c(C(=O)O)cc(Cl)c2c1O[C@H](C1CCC3(CC1)OCCO3)CO2. The van der Waals surface area contributed by atoms with Crippen LogP contribution in [0.15, 0.2) is 6.07 Å². The summed E-state index contributed by atoms with van der Waals surface area (Å²) in [6, 6.07) is 1.42. The zero-order valence-corrected chi connectivity index (χ0v) is 14.8. The molecule has 1 N–H and O–H groups in total. The normalized spacial score (nSPS) is 25.3. The highest BCUT2D eigenvalue weighted by Gasteiger charge is 2.43. The average molecular weight is 369 g/mol. The molecule has 0 amide bonds. The van der Waals surface area contributed by atoms with Gasteiger partial charge in [-0.25, -0.2) is 4.79 Å². The van der Waals surface area contributed by atoms with Crippen LogP contribution in [0.1, 0.15) is 41.6 Å². The van der Waals surface area contributed by atoms with Gasteiger partial charge in [0.15, 0.2) is 17.3 Å². The molecule has 1 atom stereocenters. The van der Waals surface area contributed by atoms with E-state index in [0.29, 0.717) is 42.8 Å². The van der Waals surface area contributed by atoms with Crippen LogP contribution in [0.2, 0.25) is 5.02 Å². The van der Waals surface area contributed by atoms with E-state index in [9.17, 15) is 9.90 Å². The third kappa shape index (κ3) is 2.96. The molecule has 1 aromatic rings. The minimum absolute atomic E-state index is 0.120. The summed E-state index contributed by atoms with van der Waals surface area (Å²) in [6.45, 7) is 3.46. The van der Waals surface area contributed by atoms with Crippen LogP contribution in [0.3, 0.4) is 0 Å². The number of carbonyl (C=O) groups is 1. The van der Waals surface area contributed by atoms with E-state index in [4.69, 9.17) is 30.5 Å². The molecule has 6 nitrogen and oxygen atoms in total. The zero-order valence-electron chi connectivity index (χ0n) is 14.0. The molecule has 0 radical (unpaired) electrons. The summed E-state index contributed by atoms with van der Waals surface area (Å²) in [5, 5.41) is 9.61. The molecule has 1 aromatic carbocycles. The molecule has 1 saturated heterocycles. The monoisotopic (exact) mass is 368 g/mol. The minimum Gasteiger partial charge on any atom is -0.484 e. The number of hydrogen-bond acceptors (Lipinski definition) is 5. The standard InChI is InChI=1S/C18H21ClO6/c1-10-12(17(20)21)8-13(19)16-15(10)25-14(9-22-16)11-2-4-18(5-3-11)23-6-7-24-18/h8,11,14H,2-7,9H2,1H3,(H,20,21)/t14-/m0/s1. The van der Waals surface area contributed by atoms with Crippen LogP contribution in [0.25, 0.3) is 0 Å². The number of hydrogen-bond donors (Lipinski definition) is 1. The van der Waals surface area contributed by atoms with Crippen LogP contribution in [-0.2, 0) is 9.47 Å². The summed E-state index contributed by atoms with van der Waals surface area (Å²) in [4.78, 5) is 11.4. The number of rotatable bonds is 2. The molecular weight excluding hydrogens is 348 g/mol. The van der Waals surface area contributed by atoms with E-state index >= 15 is 0 Å². The Kier molecular flexibility index (Phi) is 4.30. The van der Waals surface area contributed by atoms with Gasteiger partial charge in [0.05, 0.1) is 23.8 Å². The van der Waals surface area contributed by atoms with Gasteiger partial charge >= 0.3 is 5.97 Å². The van der Waals surface area contributed by atoms with E-state index in [1.54, 1.807) is 6.92 Å². The van der Waals surface area contributed by atoms with Gasteiger partial charge in [-0.05, 0) is 31.7 Å². The quantitative estimate of drug-likeness (QED) is 0.862. The molecule has 2 aliphatic heterocycles. The van der Waals surface area contributed by atoms with Gasteiger partial charge in [-0.2, -0.15) is 0 Å². The Hall–Kier alpha value is -1.50. The van der Waals surface area contributed by atoms with Crippen molar-refractivity contribution in [2.24, 2.45) is 5.92 Å². The van der Waals surface area contributed by atoms with Crippen molar-refractivity contribution in [1.82, 2.24) is 0 Å². The molecule has 1 spiro atoms. The molecule has 2 fully saturated rings. The van der Waals surface area contributed by atoms with Crippen molar-refractivity contribution >= 4 is 17.6 Å². The molecule has 3 aliphatic rings. The van der Waals surface area contributed by atoms with Gasteiger partial charge in [-0.1, -0.05) is 11.6 Å². The molecule has 1 saturated carbocycles. The van der Waals surface area contributed by atoms with Crippen molar-refractivity contribution < 1.29 is 28.8 Å². The Balaban J connectivity index is 1.52. The average Bonchev–Trinajstić information content (AvgIpc) is 3.06. The fourth-order valence-electron chi connectivity index (χ4n) is 4.02. The van der Waals surface area contributed by atoms with Crippen molar-refractivity contribution in [1.29, 1.82) is 0 Å². The summed E-state index contributed by atoms with van der Waals surface area (Å²) in [6.07, 6.45) is 3.42. The first kappa shape index (κ1) is 16.9. The number of aromatic carboxylic acids is 1. The minimum atomic E-state index is -1.02. The van der Waals surface area contributed by atoms with Crippen LogP contribution in [-0.4, -0.2) is 42.8 Å². The predicted molar refractivity (Wildman–Crippen MR) is 89.7 cm³/mol. The van der Waals surface area contributed by atoms with Crippen molar-refractivity contribution in [3.05, 3.63) is 22.2 Å². The van der Waals surface area contributed by atoms with E-state index < -0.39 is 11.8 Å². The summed E-state index contributed by atoms with van der Waals surface area (Å²) >= 11 is 6.18. The second-order valence-corrected chi connectivity index (χ2v) is 7.31. The topological polar surface area (TPSA) is 74.2 Å². The Morgan fingerprint density at radius 1 is 1.24 bits per heavy atom. The van der Waals surface area contributed by atoms with Crippen molar-refractivity contribution in [3.8, 4) is 11.5 Å². The molecule has 0 aromatic heterocycles. The lowest BCUT2D eigenvalue weighted by Crippen LogP contribution is -2.43. The Labute approximate surface area is 151 Å². The molecule has 7 heteroatoms. The van der Waals surface area contributed by atoms with Crippen molar-refractivity contribution in [3.63, 3.8) is 0 Å². The first-order chi connectivity index (χ1) is 12.0. The third-order valence-corrected chi connectivity index (χ3v) is 5.74. The zero-order chi connectivity index (χ0) is 17.6. The Bertz CT molecular complexity index is 687. The molecule has 25 heavy (non-hydrogen) atoms. The van der Waals surface area contributed by atoms with Gasteiger partial charge in [-0.15, -0.1) is 0 Å². The first-order valence-electron chi connectivity index (χ1n) is 8.63. The highest BCUT2D eigenvalue weighted by Crippen LogP contribution is 2.46. The second-order valence-electron chi connectivity index (χ2n) is 6.91. The second kappa shape index (κ2) is 6.34. The van der Waals surface area contributed by atoms with E-state index in [2.05, 4.69) is 0 Å². The number of fused-ring (bicyclic) bond motifs is 1. The van der Waals surface area contributed by atoms with Gasteiger partial charge in [0.25, 0.3) is 0 Å². The van der Waals surface area contributed by atoms with E-state index in [-0.39, 0.29) is 16.7 Å². The highest BCUT2D eigenvalue weighted by molar-refractivity contribution is 6.32. The van der Waals surface area contributed by atoms with Gasteiger partial charge in [0.1, 0.15) is 12.7 Å².